The maximum absolute atomic E-state index is 13.5. The Kier molecular flexibility index (Phi) is 10.7. The summed E-state index contributed by atoms with van der Waals surface area (Å²) in [5.74, 6) is 2.08. The molecular formula is C37H53N9O3. The normalized spacial score (nSPS) is 24.1. The number of aromatic nitrogens is 3. The van der Waals surface area contributed by atoms with Gasteiger partial charge in [-0.25, -0.2) is 4.79 Å². The van der Waals surface area contributed by atoms with Gasteiger partial charge in [0.15, 0.2) is 5.65 Å². The largest absolute Gasteiger partial charge is 0.484 e. The Bertz CT molecular complexity index is 1650. The van der Waals surface area contributed by atoms with E-state index in [0.717, 1.165) is 87.0 Å². The predicted molar refractivity (Wildman–Crippen MR) is 193 cm³/mol. The second-order valence-electron chi connectivity index (χ2n) is 14.7. The van der Waals surface area contributed by atoms with Crippen LogP contribution in [-0.2, 0) is 4.74 Å². The number of benzene rings is 1. The van der Waals surface area contributed by atoms with Gasteiger partial charge in [0.05, 0.1) is 32.0 Å². The number of amidine groups is 1. The summed E-state index contributed by atoms with van der Waals surface area (Å²) in [6, 6.07) is 12.4. The van der Waals surface area contributed by atoms with Gasteiger partial charge in [0.25, 0.3) is 0 Å². The molecule has 12 heteroatoms. The van der Waals surface area contributed by atoms with Crippen molar-refractivity contribution >= 4 is 23.5 Å². The van der Waals surface area contributed by atoms with Crippen molar-refractivity contribution in [3.8, 4) is 5.75 Å². The van der Waals surface area contributed by atoms with Crippen LogP contribution < -0.4 is 26.0 Å². The molecule has 3 aliphatic rings. The van der Waals surface area contributed by atoms with E-state index < -0.39 is 0 Å². The summed E-state index contributed by atoms with van der Waals surface area (Å²) in [5, 5.41) is 15.2. The lowest BCUT2D eigenvalue weighted by Gasteiger charge is -2.39. The quantitative estimate of drug-likeness (QED) is 0.215. The third-order valence-electron chi connectivity index (χ3n) is 10.0. The molecule has 0 spiro atoms. The number of anilines is 1. The minimum absolute atomic E-state index is 0.158. The minimum Gasteiger partial charge on any atom is -0.484 e. The number of carbonyl (C=O) groups excluding carboxylic acids is 1. The van der Waals surface area contributed by atoms with Crippen molar-refractivity contribution < 1.29 is 14.3 Å². The molecule has 4 N–H and O–H groups in total. The van der Waals surface area contributed by atoms with Crippen LogP contribution in [0.5, 0.6) is 5.75 Å². The standard InChI is InChI=1S/C37H53N9O3/c1-25-9-8-10-26(2)46(25)36-43-42-34-16-13-27(24-45(34)36)49-31-15-14-30(28-11-6-7-12-29(28)31)40-35(47)41-33(23-32(38)37(3,4)5)39-17-18-44-19-21-48-22-20-44/h6-7,11-13,16,23-26,30-31H,8-10,14-15,17-22,38H2,1-5H3,(H2,39,40,41,47). The lowest BCUT2D eigenvalue weighted by Crippen LogP contribution is -2.44. The number of carbonyl (C=O) groups is 1. The molecule has 1 aromatic carbocycles. The molecule has 2 aromatic heterocycles. The van der Waals surface area contributed by atoms with Crippen molar-refractivity contribution in [2.75, 3.05) is 44.3 Å². The van der Waals surface area contributed by atoms with E-state index in [9.17, 15) is 4.79 Å². The van der Waals surface area contributed by atoms with Gasteiger partial charge in [0.2, 0.25) is 5.95 Å². The van der Waals surface area contributed by atoms with E-state index in [1.54, 1.807) is 6.08 Å². The van der Waals surface area contributed by atoms with Gasteiger partial charge in [0.1, 0.15) is 17.7 Å². The van der Waals surface area contributed by atoms with Crippen molar-refractivity contribution in [2.45, 2.75) is 91.0 Å². The molecule has 6 rings (SSSR count). The highest BCUT2D eigenvalue weighted by Crippen LogP contribution is 2.39. The molecule has 2 amide bonds. The number of hydrogen-bond acceptors (Lipinski definition) is 9. The summed E-state index contributed by atoms with van der Waals surface area (Å²) in [4.78, 5) is 22.9. The van der Waals surface area contributed by atoms with E-state index in [1.807, 2.05) is 51.2 Å². The molecule has 4 heterocycles. The zero-order chi connectivity index (χ0) is 34.5. The summed E-state index contributed by atoms with van der Waals surface area (Å²) < 4.78 is 14.2. The highest BCUT2D eigenvalue weighted by molar-refractivity contribution is 6.04. The highest BCUT2D eigenvalue weighted by Gasteiger charge is 2.31. The Morgan fingerprint density at radius 1 is 1.04 bits per heavy atom. The van der Waals surface area contributed by atoms with Gasteiger partial charge in [-0.1, -0.05) is 45.0 Å². The van der Waals surface area contributed by atoms with Crippen LogP contribution in [0.4, 0.5) is 10.7 Å². The Morgan fingerprint density at radius 3 is 2.51 bits per heavy atom. The zero-order valence-electron chi connectivity index (χ0n) is 29.7. The zero-order valence-corrected chi connectivity index (χ0v) is 29.7. The van der Waals surface area contributed by atoms with Crippen LogP contribution in [0.3, 0.4) is 0 Å². The molecule has 0 bridgehead atoms. The lowest BCUT2D eigenvalue weighted by atomic mass is 9.85. The van der Waals surface area contributed by atoms with E-state index >= 15 is 0 Å². The van der Waals surface area contributed by atoms with Gasteiger partial charge >= 0.3 is 6.03 Å². The van der Waals surface area contributed by atoms with Gasteiger partial charge in [0, 0.05) is 42.8 Å². The molecule has 0 saturated carbocycles. The molecule has 1 aliphatic carbocycles. The smallest absolute Gasteiger partial charge is 0.320 e. The topological polar surface area (TPSA) is 135 Å². The fourth-order valence-electron chi connectivity index (χ4n) is 7.04. The number of nitrogens with two attached hydrogens (primary N) is 1. The van der Waals surface area contributed by atoms with Crippen LogP contribution in [0.1, 0.15) is 90.0 Å². The number of allylic oxidation sites excluding steroid dienone is 1. The van der Waals surface area contributed by atoms with Crippen molar-refractivity contribution in [3.63, 3.8) is 0 Å². The first-order valence-corrected chi connectivity index (χ1v) is 17.8. The summed E-state index contributed by atoms with van der Waals surface area (Å²) in [6.45, 7) is 15.2. The average molecular weight is 672 g/mol. The minimum atomic E-state index is -0.311. The number of aliphatic imine (C=N–C) groups is 1. The number of nitrogens with zero attached hydrogens (tertiary/aromatic N) is 6. The summed E-state index contributed by atoms with van der Waals surface area (Å²) >= 11 is 0. The second kappa shape index (κ2) is 15.2. The number of morpholine rings is 1. The number of piperidine rings is 1. The van der Waals surface area contributed by atoms with Crippen molar-refractivity contribution in [3.05, 3.63) is 65.5 Å². The van der Waals surface area contributed by atoms with Gasteiger partial charge in [-0.15, -0.1) is 10.2 Å². The molecular weight excluding hydrogens is 618 g/mol. The van der Waals surface area contributed by atoms with Crippen LogP contribution >= 0.6 is 0 Å². The van der Waals surface area contributed by atoms with Crippen molar-refractivity contribution in [1.29, 1.82) is 0 Å². The lowest BCUT2D eigenvalue weighted by molar-refractivity contribution is 0.0394. The highest BCUT2D eigenvalue weighted by atomic mass is 16.5. The first-order chi connectivity index (χ1) is 23.6. The molecule has 49 heavy (non-hydrogen) atoms. The Morgan fingerprint density at radius 2 is 1.78 bits per heavy atom. The molecule has 3 aromatic rings. The Labute approximate surface area is 290 Å². The number of ether oxygens (including phenoxy) is 2. The predicted octanol–water partition coefficient (Wildman–Crippen LogP) is 5.37. The van der Waals surface area contributed by atoms with Gasteiger partial charge in [-0.05, 0) is 75.3 Å². The molecule has 2 fully saturated rings. The average Bonchev–Trinajstić information content (AvgIpc) is 3.48. The number of amides is 2. The van der Waals surface area contributed by atoms with Crippen LogP contribution in [0.25, 0.3) is 5.65 Å². The summed E-state index contributed by atoms with van der Waals surface area (Å²) in [7, 11) is 0. The van der Waals surface area contributed by atoms with E-state index in [0.29, 0.717) is 30.2 Å². The molecule has 0 radical (unpaired) electrons. The molecule has 12 nitrogen and oxygen atoms in total. The van der Waals surface area contributed by atoms with E-state index in [4.69, 9.17) is 20.2 Å². The number of urea groups is 1. The van der Waals surface area contributed by atoms with Crippen molar-refractivity contribution in [2.24, 2.45) is 16.1 Å². The maximum Gasteiger partial charge on any atom is 0.320 e. The fraction of sp³-hybridized carbons (Fsp3) is 0.568. The molecule has 264 valence electrons. The number of pyridine rings is 1. The van der Waals surface area contributed by atoms with Crippen LogP contribution in [0.15, 0.2) is 59.4 Å². The third-order valence-corrected chi connectivity index (χ3v) is 10.0. The van der Waals surface area contributed by atoms with Crippen LogP contribution in [0.2, 0.25) is 0 Å². The van der Waals surface area contributed by atoms with Crippen LogP contribution in [-0.4, -0.2) is 82.8 Å². The number of fused-ring (bicyclic) bond motifs is 2. The monoisotopic (exact) mass is 671 g/mol. The maximum atomic E-state index is 13.5. The van der Waals surface area contributed by atoms with Crippen molar-refractivity contribution in [1.82, 2.24) is 30.1 Å². The van der Waals surface area contributed by atoms with E-state index in [-0.39, 0.29) is 23.6 Å². The first kappa shape index (κ1) is 34.7. The molecule has 2 aliphatic heterocycles. The van der Waals surface area contributed by atoms with Crippen LogP contribution in [0, 0.1) is 5.41 Å². The Balaban J connectivity index is 1.15. The first-order valence-electron chi connectivity index (χ1n) is 17.8. The molecule has 4 unspecified atom stereocenters. The summed E-state index contributed by atoms with van der Waals surface area (Å²) in [6.07, 6.45) is 8.62. The number of nitrogens with one attached hydrogen (secondary N) is 2. The number of rotatable bonds is 8. The van der Waals surface area contributed by atoms with E-state index in [1.165, 1.54) is 6.42 Å². The number of hydrogen-bond donors (Lipinski definition) is 3. The van der Waals surface area contributed by atoms with Gasteiger partial charge < -0.3 is 25.4 Å². The third kappa shape index (κ3) is 8.36. The summed E-state index contributed by atoms with van der Waals surface area (Å²) in [5.41, 5.74) is 9.72. The van der Waals surface area contributed by atoms with Gasteiger partial charge in [-0.2, -0.15) is 0 Å². The molecule has 4 atom stereocenters. The van der Waals surface area contributed by atoms with Gasteiger partial charge in [-0.3, -0.25) is 19.6 Å². The van der Waals surface area contributed by atoms with E-state index in [2.05, 4.69) is 61.0 Å². The Hall–Kier alpha value is -4.16. The molecule has 2 saturated heterocycles. The SMILES string of the molecule is CC1CCCC(C)N1c1nnc2ccc(OC3CCC(NC(=O)NC(C=C(N)C(C)(C)C)=NCCN4CCOCC4)c4ccccc43)cn12. The second-order valence-corrected chi connectivity index (χ2v) is 14.7. The fourth-order valence-corrected chi connectivity index (χ4v) is 7.04.